The van der Waals surface area contributed by atoms with Crippen molar-refractivity contribution >= 4 is 11.7 Å². The molecule has 2 bridgehead atoms. The monoisotopic (exact) mass is 275 g/mol. The topological polar surface area (TPSA) is 55.4 Å². The van der Waals surface area contributed by atoms with Gasteiger partial charge in [-0.2, -0.15) is 0 Å². The zero-order valence-electron chi connectivity index (χ0n) is 12.1. The van der Waals surface area contributed by atoms with Crippen LogP contribution in [0.2, 0.25) is 0 Å². The van der Waals surface area contributed by atoms with Crippen LogP contribution < -0.4 is 5.32 Å². The Kier molecular flexibility index (Phi) is 2.91. The molecule has 4 heteroatoms. The summed E-state index contributed by atoms with van der Waals surface area (Å²) in [6.45, 7) is 12.3. The number of amides is 1. The fourth-order valence-electron chi connectivity index (χ4n) is 3.86. The van der Waals surface area contributed by atoms with E-state index in [0.29, 0.717) is 17.5 Å². The standard InChI is InChI=1S/C16H21NO3/c1-8-5-12(18)14(15(19)17-8)20-13-7-10-6-11(9(13)2)16(10,3)4/h10-11,13-14H,1-2,5-7H2,3-4H3,(H,17,19). The van der Waals surface area contributed by atoms with Gasteiger partial charge in [0.15, 0.2) is 11.9 Å². The molecule has 1 heterocycles. The van der Waals surface area contributed by atoms with Gasteiger partial charge in [0.25, 0.3) is 5.91 Å². The molecule has 1 amide bonds. The van der Waals surface area contributed by atoms with E-state index < -0.39 is 12.0 Å². The van der Waals surface area contributed by atoms with E-state index >= 15 is 0 Å². The highest BCUT2D eigenvalue weighted by Crippen LogP contribution is 2.61. The molecule has 4 atom stereocenters. The van der Waals surface area contributed by atoms with E-state index in [1.165, 1.54) is 0 Å². The fourth-order valence-corrected chi connectivity index (χ4v) is 3.86. The smallest absolute Gasteiger partial charge is 0.261 e. The highest BCUT2D eigenvalue weighted by Gasteiger charge is 2.55. The van der Waals surface area contributed by atoms with Gasteiger partial charge in [-0.15, -0.1) is 0 Å². The Morgan fingerprint density at radius 3 is 2.50 bits per heavy atom. The van der Waals surface area contributed by atoms with Crippen LogP contribution in [-0.2, 0) is 14.3 Å². The lowest BCUT2D eigenvalue weighted by atomic mass is 9.47. The molecule has 108 valence electrons. The molecule has 4 aliphatic rings. The molecule has 3 saturated carbocycles. The van der Waals surface area contributed by atoms with Crippen molar-refractivity contribution in [2.45, 2.75) is 45.3 Å². The van der Waals surface area contributed by atoms with Crippen molar-refractivity contribution in [2.75, 3.05) is 0 Å². The number of carbonyl (C=O) groups excluding carboxylic acids is 2. The minimum atomic E-state index is -0.997. The van der Waals surface area contributed by atoms with E-state index in [9.17, 15) is 9.59 Å². The average Bonchev–Trinajstić information content (AvgIpc) is 2.34. The number of nitrogens with one attached hydrogen (secondary N) is 1. The number of ether oxygens (including phenoxy) is 1. The van der Waals surface area contributed by atoms with Crippen LogP contribution in [0.1, 0.15) is 33.1 Å². The highest BCUT2D eigenvalue weighted by molar-refractivity contribution is 6.08. The van der Waals surface area contributed by atoms with Crippen molar-refractivity contribution in [2.24, 2.45) is 17.3 Å². The molecule has 0 radical (unpaired) electrons. The molecule has 1 N–H and O–H groups in total. The van der Waals surface area contributed by atoms with Crippen molar-refractivity contribution in [1.29, 1.82) is 0 Å². The summed E-state index contributed by atoms with van der Waals surface area (Å²) >= 11 is 0. The summed E-state index contributed by atoms with van der Waals surface area (Å²) in [5.41, 5.74) is 1.78. The number of Topliss-reactive ketones (excluding diaryl/α,β-unsaturated/α-hetero) is 1. The Bertz CT molecular complexity index is 500. The van der Waals surface area contributed by atoms with Gasteiger partial charge >= 0.3 is 0 Å². The fraction of sp³-hybridized carbons (Fsp3) is 0.625. The molecule has 4 fully saturated rings. The van der Waals surface area contributed by atoms with Gasteiger partial charge in [0.1, 0.15) is 0 Å². The van der Waals surface area contributed by atoms with Gasteiger partial charge in [-0.25, -0.2) is 0 Å². The first-order valence-corrected chi connectivity index (χ1v) is 7.16. The van der Waals surface area contributed by atoms with E-state index in [2.05, 4.69) is 32.3 Å². The van der Waals surface area contributed by atoms with Gasteiger partial charge in [-0.05, 0) is 35.7 Å². The summed E-state index contributed by atoms with van der Waals surface area (Å²) in [4.78, 5) is 23.8. The van der Waals surface area contributed by atoms with Crippen LogP contribution in [0.15, 0.2) is 24.4 Å². The number of allylic oxidation sites excluding steroid dienone is 1. The molecule has 0 aromatic heterocycles. The van der Waals surface area contributed by atoms with Crippen molar-refractivity contribution < 1.29 is 14.3 Å². The lowest BCUT2D eigenvalue weighted by Gasteiger charge is -2.59. The number of piperidine rings is 1. The number of rotatable bonds is 2. The summed E-state index contributed by atoms with van der Waals surface area (Å²) in [6.07, 6.45) is 1.02. The molecule has 0 spiro atoms. The molecule has 1 saturated heterocycles. The molecule has 0 aromatic carbocycles. The molecule has 4 nitrogen and oxygen atoms in total. The Hall–Kier alpha value is -1.42. The number of carbonyl (C=O) groups is 2. The van der Waals surface area contributed by atoms with E-state index in [-0.39, 0.29) is 23.7 Å². The predicted molar refractivity (Wildman–Crippen MR) is 74.7 cm³/mol. The van der Waals surface area contributed by atoms with E-state index in [1.807, 2.05) is 0 Å². The largest absolute Gasteiger partial charge is 0.353 e. The summed E-state index contributed by atoms with van der Waals surface area (Å²) in [5.74, 6) is 0.449. The normalized spacial score (nSPS) is 39.3. The maximum Gasteiger partial charge on any atom is 0.261 e. The van der Waals surface area contributed by atoms with Crippen LogP contribution in [0.5, 0.6) is 0 Å². The van der Waals surface area contributed by atoms with Crippen LogP contribution in [0.4, 0.5) is 0 Å². The van der Waals surface area contributed by atoms with Crippen LogP contribution in [-0.4, -0.2) is 23.9 Å². The Balaban J connectivity index is 1.70. The lowest BCUT2D eigenvalue weighted by molar-refractivity contribution is -0.156. The quantitative estimate of drug-likeness (QED) is 0.619. The van der Waals surface area contributed by atoms with Gasteiger partial charge in [-0.3, -0.25) is 9.59 Å². The molecule has 1 aliphatic heterocycles. The minimum absolute atomic E-state index is 0.161. The van der Waals surface area contributed by atoms with E-state index in [4.69, 9.17) is 4.74 Å². The molecular formula is C16H21NO3. The number of hydrogen-bond donors (Lipinski definition) is 1. The maximum atomic E-state index is 11.9. The van der Waals surface area contributed by atoms with Crippen LogP contribution in [0.25, 0.3) is 0 Å². The zero-order chi connectivity index (χ0) is 14.7. The van der Waals surface area contributed by atoms with Gasteiger partial charge in [0.2, 0.25) is 0 Å². The second kappa shape index (κ2) is 4.29. The van der Waals surface area contributed by atoms with Crippen molar-refractivity contribution in [1.82, 2.24) is 5.32 Å². The summed E-state index contributed by atoms with van der Waals surface area (Å²) in [5, 5.41) is 2.59. The molecule has 4 unspecified atom stereocenters. The van der Waals surface area contributed by atoms with Gasteiger partial charge in [0.05, 0.1) is 6.10 Å². The van der Waals surface area contributed by atoms with Gasteiger partial charge in [-0.1, -0.05) is 27.0 Å². The Labute approximate surface area is 119 Å². The predicted octanol–water partition coefficient (Wildman–Crippen LogP) is 1.97. The zero-order valence-corrected chi connectivity index (χ0v) is 12.1. The summed E-state index contributed by atoms with van der Waals surface area (Å²) in [7, 11) is 0. The van der Waals surface area contributed by atoms with E-state index in [0.717, 1.165) is 18.4 Å². The maximum absolute atomic E-state index is 11.9. The number of ketones is 1. The first-order valence-electron chi connectivity index (χ1n) is 7.16. The van der Waals surface area contributed by atoms with Gasteiger partial charge in [0, 0.05) is 12.1 Å². The third-order valence-corrected chi connectivity index (χ3v) is 5.35. The highest BCUT2D eigenvalue weighted by atomic mass is 16.5. The van der Waals surface area contributed by atoms with Gasteiger partial charge < -0.3 is 10.1 Å². The molecule has 3 aliphatic carbocycles. The molecular weight excluding hydrogens is 254 g/mol. The van der Waals surface area contributed by atoms with Crippen molar-refractivity contribution in [3.63, 3.8) is 0 Å². The van der Waals surface area contributed by atoms with E-state index in [1.54, 1.807) is 0 Å². The summed E-state index contributed by atoms with van der Waals surface area (Å²) in [6, 6.07) is 0. The Morgan fingerprint density at radius 2 is 1.95 bits per heavy atom. The third-order valence-electron chi connectivity index (χ3n) is 5.35. The Morgan fingerprint density at radius 1 is 1.25 bits per heavy atom. The van der Waals surface area contributed by atoms with Crippen LogP contribution in [0.3, 0.4) is 0 Å². The first kappa shape index (κ1) is 13.6. The molecule has 4 rings (SSSR count). The van der Waals surface area contributed by atoms with Crippen molar-refractivity contribution in [3.05, 3.63) is 24.4 Å². The van der Waals surface area contributed by atoms with Crippen molar-refractivity contribution in [3.8, 4) is 0 Å². The third kappa shape index (κ3) is 1.85. The second-order valence-corrected chi connectivity index (χ2v) is 6.86. The lowest BCUT2D eigenvalue weighted by Crippen LogP contribution is -2.56. The minimum Gasteiger partial charge on any atom is -0.353 e. The second-order valence-electron chi connectivity index (χ2n) is 6.86. The summed E-state index contributed by atoms with van der Waals surface area (Å²) < 4.78 is 5.81. The molecule has 0 aromatic rings. The first-order chi connectivity index (χ1) is 9.30. The average molecular weight is 275 g/mol. The van der Waals surface area contributed by atoms with Crippen LogP contribution in [0, 0.1) is 17.3 Å². The number of fused-ring (bicyclic) bond motifs is 2. The number of hydrogen-bond acceptors (Lipinski definition) is 3. The van der Waals surface area contributed by atoms with Crippen LogP contribution >= 0.6 is 0 Å². The SMILES string of the molecule is C=C1CC(=O)C(OC2CC3CC(C2=C)C3(C)C)C(=O)N1. The molecule has 20 heavy (non-hydrogen) atoms.